The van der Waals surface area contributed by atoms with Gasteiger partial charge in [-0.15, -0.1) is 6.58 Å². The van der Waals surface area contributed by atoms with E-state index in [-0.39, 0.29) is 37.8 Å². The monoisotopic (exact) mass is 330 g/mol. The minimum Gasteiger partial charge on any atom is -0.463 e. The Morgan fingerprint density at radius 2 is 1.55 bits per heavy atom. The quantitative estimate of drug-likeness (QED) is 0.246. The summed E-state index contributed by atoms with van der Waals surface area (Å²) in [6, 6.07) is 0.726. The molecule has 0 heterocycles. The molecule has 0 aliphatic rings. The van der Waals surface area contributed by atoms with Crippen molar-refractivity contribution in [3.8, 4) is 0 Å². The summed E-state index contributed by atoms with van der Waals surface area (Å²) < 4.78 is 15.8. The molecular formula is C15H26O6Si. The Labute approximate surface area is 134 Å². The number of rotatable bonds is 11. The van der Waals surface area contributed by atoms with Crippen LogP contribution < -0.4 is 0 Å². The normalized spacial score (nSPS) is 13.4. The van der Waals surface area contributed by atoms with Gasteiger partial charge in [-0.25, -0.2) is 0 Å². The molecule has 0 saturated carbocycles. The van der Waals surface area contributed by atoms with Gasteiger partial charge in [-0.05, 0) is 6.04 Å². The van der Waals surface area contributed by atoms with Crippen LogP contribution in [-0.4, -0.2) is 45.9 Å². The molecule has 0 fully saturated rings. The molecule has 0 amide bonds. The molecule has 126 valence electrons. The first-order valence-corrected chi connectivity index (χ1v) is 9.45. The Hall–Kier alpha value is -1.63. The first kappa shape index (κ1) is 20.4. The molecule has 0 aliphatic heterocycles. The smallest absolute Gasteiger partial charge is 0.306 e. The second-order valence-corrected chi connectivity index (χ2v) is 6.63. The van der Waals surface area contributed by atoms with Crippen molar-refractivity contribution in [3.05, 3.63) is 12.7 Å². The Kier molecular flexibility index (Phi) is 11.1. The van der Waals surface area contributed by atoms with Gasteiger partial charge in [-0.2, -0.15) is 0 Å². The topological polar surface area (TPSA) is 78.9 Å². The molecule has 2 unspecified atom stereocenters. The number of hydrogen-bond donors (Lipinski definition) is 0. The van der Waals surface area contributed by atoms with Gasteiger partial charge >= 0.3 is 17.9 Å². The average molecular weight is 330 g/mol. The summed E-state index contributed by atoms with van der Waals surface area (Å²) in [5.74, 6) is -1.16. The van der Waals surface area contributed by atoms with E-state index in [4.69, 9.17) is 14.2 Å². The summed E-state index contributed by atoms with van der Waals surface area (Å²) in [4.78, 5) is 34.4. The van der Waals surface area contributed by atoms with E-state index < -0.39 is 27.3 Å². The summed E-state index contributed by atoms with van der Waals surface area (Å²) in [6.07, 6.45) is 1.68. The van der Waals surface area contributed by atoms with Gasteiger partial charge in [0, 0.05) is 19.3 Å². The number of hydrogen-bond acceptors (Lipinski definition) is 6. The molecule has 0 N–H and O–H groups in total. The van der Waals surface area contributed by atoms with Gasteiger partial charge in [-0.1, -0.05) is 26.8 Å². The predicted octanol–water partition coefficient (Wildman–Crippen LogP) is 1.31. The fourth-order valence-corrected chi connectivity index (χ4v) is 3.07. The minimum atomic E-state index is -0.906. The summed E-state index contributed by atoms with van der Waals surface area (Å²) >= 11 is 0. The van der Waals surface area contributed by atoms with E-state index in [1.54, 1.807) is 26.8 Å². The number of carbonyl (C=O) groups excluding carboxylic acids is 3. The van der Waals surface area contributed by atoms with Crippen molar-refractivity contribution in [2.75, 3.05) is 6.61 Å². The third kappa shape index (κ3) is 8.61. The molecule has 0 spiro atoms. The first-order valence-electron chi connectivity index (χ1n) is 7.63. The van der Waals surface area contributed by atoms with E-state index in [2.05, 4.69) is 6.58 Å². The largest absolute Gasteiger partial charge is 0.463 e. The molecule has 0 saturated heterocycles. The average Bonchev–Trinajstić information content (AvgIpc) is 2.54. The van der Waals surface area contributed by atoms with Crippen LogP contribution in [0.2, 0.25) is 6.04 Å². The zero-order chi connectivity index (χ0) is 17.0. The lowest BCUT2D eigenvalue weighted by atomic mass is 10.3. The van der Waals surface area contributed by atoms with E-state index in [1.807, 2.05) is 0 Å². The summed E-state index contributed by atoms with van der Waals surface area (Å²) in [5.41, 5.74) is -0.523. The van der Waals surface area contributed by atoms with Crippen molar-refractivity contribution in [1.29, 1.82) is 0 Å². The van der Waals surface area contributed by atoms with Crippen molar-refractivity contribution in [3.63, 3.8) is 0 Å². The zero-order valence-corrected chi connectivity index (χ0v) is 15.0. The van der Waals surface area contributed by atoms with Crippen LogP contribution in [0.5, 0.6) is 0 Å². The van der Waals surface area contributed by atoms with E-state index in [9.17, 15) is 14.4 Å². The third-order valence-corrected chi connectivity index (χ3v) is 4.91. The van der Waals surface area contributed by atoms with Gasteiger partial charge in [-0.3, -0.25) is 14.4 Å². The second kappa shape index (κ2) is 12.0. The van der Waals surface area contributed by atoms with Crippen LogP contribution in [0.1, 0.15) is 40.0 Å². The van der Waals surface area contributed by atoms with Crippen LogP contribution in [0, 0.1) is 0 Å². The number of ether oxygens (including phenoxy) is 3. The summed E-state index contributed by atoms with van der Waals surface area (Å²) in [7, 11) is -0.906. The maximum atomic E-state index is 11.6. The van der Waals surface area contributed by atoms with Crippen molar-refractivity contribution >= 4 is 27.4 Å². The van der Waals surface area contributed by atoms with Gasteiger partial charge in [0.15, 0.2) is 6.10 Å². The Bertz CT molecular complexity index is 382. The predicted molar refractivity (Wildman–Crippen MR) is 85.1 cm³/mol. The Morgan fingerprint density at radius 3 is 2.05 bits per heavy atom. The van der Waals surface area contributed by atoms with Gasteiger partial charge in [0.25, 0.3) is 0 Å². The third-order valence-electron chi connectivity index (χ3n) is 2.91. The number of allylic oxidation sites excluding steroid dienone is 1. The molecule has 0 aromatic heterocycles. The molecular weight excluding hydrogens is 304 g/mol. The molecule has 2 atom stereocenters. The lowest BCUT2D eigenvalue weighted by Gasteiger charge is -2.26. The fraction of sp³-hybridized carbons (Fsp3) is 0.667. The van der Waals surface area contributed by atoms with Crippen LogP contribution in [-0.2, 0) is 28.6 Å². The minimum absolute atomic E-state index is 0.0930. The maximum Gasteiger partial charge on any atom is 0.306 e. The highest BCUT2D eigenvalue weighted by Gasteiger charge is 2.29. The zero-order valence-electron chi connectivity index (χ0n) is 13.6. The van der Waals surface area contributed by atoms with Gasteiger partial charge in [0.05, 0.1) is 9.52 Å². The summed E-state index contributed by atoms with van der Waals surface area (Å²) in [5, 5.41) is 0. The van der Waals surface area contributed by atoms with Crippen LogP contribution >= 0.6 is 0 Å². The highest BCUT2D eigenvalue weighted by Crippen LogP contribution is 2.10. The molecule has 0 aromatic carbocycles. The molecule has 0 aromatic rings. The van der Waals surface area contributed by atoms with Crippen molar-refractivity contribution < 1.29 is 28.6 Å². The van der Waals surface area contributed by atoms with Gasteiger partial charge in [0.2, 0.25) is 0 Å². The van der Waals surface area contributed by atoms with Crippen LogP contribution in [0.3, 0.4) is 0 Å². The van der Waals surface area contributed by atoms with Crippen LogP contribution in [0.15, 0.2) is 12.7 Å². The van der Waals surface area contributed by atoms with E-state index in [1.165, 1.54) is 0 Å². The van der Waals surface area contributed by atoms with E-state index >= 15 is 0 Å². The molecule has 7 heteroatoms. The summed E-state index contributed by atoms with van der Waals surface area (Å²) in [6.45, 7) is 8.61. The van der Waals surface area contributed by atoms with Crippen molar-refractivity contribution in [2.45, 2.75) is 57.9 Å². The van der Waals surface area contributed by atoms with Crippen LogP contribution in [0.4, 0.5) is 0 Å². The van der Waals surface area contributed by atoms with Crippen molar-refractivity contribution in [1.82, 2.24) is 0 Å². The molecule has 0 rings (SSSR count). The molecule has 6 nitrogen and oxygen atoms in total. The Balaban J connectivity index is 4.95. The number of carbonyl (C=O) groups is 3. The van der Waals surface area contributed by atoms with Gasteiger partial charge < -0.3 is 14.2 Å². The van der Waals surface area contributed by atoms with E-state index in [0.717, 1.165) is 6.04 Å². The highest BCUT2D eigenvalue weighted by atomic mass is 28.2. The van der Waals surface area contributed by atoms with E-state index in [0.29, 0.717) is 0 Å². The molecule has 0 bridgehead atoms. The highest BCUT2D eigenvalue weighted by molar-refractivity contribution is 6.38. The van der Waals surface area contributed by atoms with Crippen LogP contribution in [0.25, 0.3) is 0 Å². The lowest BCUT2D eigenvalue weighted by molar-refractivity contribution is -0.169. The standard InChI is InChI=1S/C15H26O6Si/c1-5-9-22-15(21-14(18)8-4)11(20-13(17)7-3)10-19-12(16)6-2/h5,11,15H,1,6-10,22H2,2-4H3. The second-order valence-electron chi connectivity index (χ2n) is 4.67. The maximum absolute atomic E-state index is 11.6. The first-order chi connectivity index (χ1) is 10.5. The SMILES string of the molecule is C=CC[SiH2]C(OC(=O)CC)C(COC(=O)CC)OC(=O)CC. The Morgan fingerprint density at radius 1 is 1.00 bits per heavy atom. The molecule has 0 radical (unpaired) electrons. The van der Waals surface area contributed by atoms with Gasteiger partial charge in [0.1, 0.15) is 12.3 Å². The molecule has 0 aliphatic carbocycles. The lowest BCUT2D eigenvalue weighted by Crippen LogP contribution is -2.42. The number of esters is 3. The molecule has 22 heavy (non-hydrogen) atoms. The fourth-order valence-electron chi connectivity index (χ4n) is 1.60. The van der Waals surface area contributed by atoms with Crippen molar-refractivity contribution in [2.24, 2.45) is 0 Å².